The van der Waals surface area contributed by atoms with Crippen molar-refractivity contribution in [2.24, 2.45) is 0 Å². The van der Waals surface area contributed by atoms with E-state index in [1.54, 1.807) is 12.1 Å². The van der Waals surface area contributed by atoms with Crippen LogP contribution in [0, 0.1) is 0 Å². The molecule has 0 aliphatic heterocycles. The highest BCUT2D eigenvalue weighted by atomic mass is 79.9. The van der Waals surface area contributed by atoms with Crippen molar-refractivity contribution >= 4 is 50.7 Å². The Morgan fingerprint density at radius 2 is 1.88 bits per heavy atom. The summed E-state index contributed by atoms with van der Waals surface area (Å²) in [5.41, 5.74) is 0.437. The molecule has 0 heterocycles. The van der Waals surface area contributed by atoms with Crippen LogP contribution in [-0.4, -0.2) is 18.5 Å². The predicted octanol–water partition coefficient (Wildman–Crippen LogP) is 3.69. The zero-order valence-corrected chi connectivity index (χ0v) is 12.6. The van der Waals surface area contributed by atoms with Crippen LogP contribution in [0.2, 0.25) is 10.0 Å². The van der Waals surface area contributed by atoms with Crippen LogP contribution in [0.25, 0.3) is 0 Å². The Balaban J connectivity index is 2.72. The molecule has 6 heteroatoms. The van der Waals surface area contributed by atoms with Gasteiger partial charge in [-0.1, -0.05) is 53.0 Å². The highest BCUT2D eigenvalue weighted by Gasteiger charge is 2.11. The fourth-order valence-corrected chi connectivity index (χ4v) is 2.45. The largest absolute Gasteiger partial charge is 0.322 e. The first-order chi connectivity index (χ1) is 7.90. The number of amides is 1. The number of anilines is 1. The van der Waals surface area contributed by atoms with Crippen LogP contribution in [0.1, 0.15) is 13.8 Å². The van der Waals surface area contributed by atoms with Gasteiger partial charge in [-0.2, -0.15) is 0 Å². The number of hydrogen-bond donors (Lipinski definition) is 2. The van der Waals surface area contributed by atoms with Gasteiger partial charge in [0.1, 0.15) is 0 Å². The van der Waals surface area contributed by atoms with Crippen LogP contribution >= 0.6 is 39.1 Å². The van der Waals surface area contributed by atoms with Gasteiger partial charge in [0.25, 0.3) is 0 Å². The van der Waals surface area contributed by atoms with Gasteiger partial charge < -0.3 is 10.6 Å². The molecule has 0 spiro atoms. The standard InChI is InChI=1S/C11H13BrCl2N2O/c1-6(2)15-5-10(17)16-11-8(13)3-7(12)4-9(11)14/h3-4,6,15H,5H2,1-2H3,(H,16,17). The van der Waals surface area contributed by atoms with Gasteiger partial charge in [0.2, 0.25) is 5.91 Å². The minimum absolute atomic E-state index is 0.176. The van der Waals surface area contributed by atoms with Gasteiger partial charge in [-0.3, -0.25) is 4.79 Å². The van der Waals surface area contributed by atoms with E-state index in [2.05, 4.69) is 26.6 Å². The van der Waals surface area contributed by atoms with Crippen LogP contribution in [0.3, 0.4) is 0 Å². The Hall–Kier alpha value is -0.290. The zero-order chi connectivity index (χ0) is 13.0. The molecule has 0 radical (unpaired) electrons. The van der Waals surface area contributed by atoms with Crippen molar-refractivity contribution in [2.45, 2.75) is 19.9 Å². The maximum absolute atomic E-state index is 11.6. The van der Waals surface area contributed by atoms with E-state index in [9.17, 15) is 4.79 Å². The second-order valence-corrected chi connectivity index (χ2v) is 5.56. The van der Waals surface area contributed by atoms with Gasteiger partial charge in [-0.05, 0) is 12.1 Å². The van der Waals surface area contributed by atoms with Crippen molar-refractivity contribution in [3.63, 3.8) is 0 Å². The van der Waals surface area contributed by atoms with E-state index in [0.29, 0.717) is 15.7 Å². The molecule has 1 rings (SSSR count). The van der Waals surface area contributed by atoms with Crippen molar-refractivity contribution < 1.29 is 4.79 Å². The fourth-order valence-electron chi connectivity index (χ4n) is 1.14. The predicted molar refractivity (Wildman–Crippen MR) is 75.9 cm³/mol. The molecule has 0 aliphatic carbocycles. The molecule has 94 valence electrons. The van der Waals surface area contributed by atoms with Crippen LogP contribution in [0.15, 0.2) is 16.6 Å². The summed E-state index contributed by atoms with van der Waals surface area (Å²) in [7, 11) is 0. The van der Waals surface area contributed by atoms with E-state index >= 15 is 0 Å². The molecular formula is C11H13BrCl2N2O. The molecule has 0 unspecified atom stereocenters. The van der Waals surface area contributed by atoms with E-state index in [1.807, 2.05) is 13.8 Å². The summed E-state index contributed by atoms with van der Waals surface area (Å²) in [6, 6.07) is 3.61. The van der Waals surface area contributed by atoms with E-state index in [-0.39, 0.29) is 18.5 Å². The Morgan fingerprint density at radius 3 is 2.35 bits per heavy atom. The molecule has 1 aromatic carbocycles. The minimum atomic E-state index is -0.176. The van der Waals surface area contributed by atoms with Crippen molar-refractivity contribution in [3.05, 3.63) is 26.7 Å². The second kappa shape index (κ2) is 6.59. The first kappa shape index (κ1) is 14.8. The minimum Gasteiger partial charge on any atom is -0.322 e. The third-order valence-corrected chi connectivity index (χ3v) is 3.00. The molecule has 0 fully saturated rings. The summed E-state index contributed by atoms with van der Waals surface area (Å²) in [5.74, 6) is -0.176. The van der Waals surface area contributed by atoms with Crippen LogP contribution < -0.4 is 10.6 Å². The van der Waals surface area contributed by atoms with Gasteiger partial charge >= 0.3 is 0 Å². The van der Waals surface area contributed by atoms with Gasteiger partial charge in [-0.25, -0.2) is 0 Å². The fraction of sp³-hybridized carbons (Fsp3) is 0.364. The molecule has 0 aromatic heterocycles. The number of halogens is 3. The topological polar surface area (TPSA) is 41.1 Å². The maximum atomic E-state index is 11.6. The lowest BCUT2D eigenvalue weighted by atomic mass is 10.3. The summed E-state index contributed by atoms with van der Waals surface area (Å²) in [6.45, 7) is 4.15. The van der Waals surface area contributed by atoms with Crippen molar-refractivity contribution in [3.8, 4) is 0 Å². The summed E-state index contributed by atoms with van der Waals surface area (Å²) in [4.78, 5) is 11.6. The molecule has 0 saturated heterocycles. The quantitative estimate of drug-likeness (QED) is 0.878. The molecule has 1 aromatic rings. The first-order valence-corrected chi connectivity index (χ1v) is 6.63. The average molecular weight is 340 g/mol. The molecule has 17 heavy (non-hydrogen) atoms. The van der Waals surface area contributed by atoms with E-state index in [4.69, 9.17) is 23.2 Å². The monoisotopic (exact) mass is 338 g/mol. The molecule has 1 amide bonds. The van der Waals surface area contributed by atoms with Crippen LogP contribution in [0.4, 0.5) is 5.69 Å². The summed E-state index contributed by atoms with van der Waals surface area (Å²) >= 11 is 15.3. The van der Waals surface area contributed by atoms with Crippen LogP contribution in [-0.2, 0) is 4.79 Å². The lowest BCUT2D eigenvalue weighted by molar-refractivity contribution is -0.115. The highest BCUT2D eigenvalue weighted by molar-refractivity contribution is 9.10. The Bertz CT molecular complexity index is 401. The van der Waals surface area contributed by atoms with E-state index in [0.717, 1.165) is 4.47 Å². The molecule has 0 atom stereocenters. The summed E-state index contributed by atoms with van der Waals surface area (Å²) in [6.07, 6.45) is 0. The van der Waals surface area contributed by atoms with Crippen LogP contribution in [0.5, 0.6) is 0 Å². The first-order valence-electron chi connectivity index (χ1n) is 5.08. The number of benzene rings is 1. The van der Waals surface area contributed by atoms with Crippen molar-refractivity contribution in [2.75, 3.05) is 11.9 Å². The number of carbonyl (C=O) groups is 1. The molecule has 0 aliphatic rings. The third kappa shape index (κ3) is 4.84. The Kier molecular flexibility index (Phi) is 5.73. The van der Waals surface area contributed by atoms with Gasteiger partial charge in [0.15, 0.2) is 0 Å². The average Bonchev–Trinajstić information content (AvgIpc) is 2.20. The molecule has 0 bridgehead atoms. The third-order valence-electron chi connectivity index (χ3n) is 1.94. The highest BCUT2D eigenvalue weighted by Crippen LogP contribution is 2.33. The number of hydrogen-bond acceptors (Lipinski definition) is 2. The van der Waals surface area contributed by atoms with Crippen molar-refractivity contribution in [1.82, 2.24) is 5.32 Å². The second-order valence-electron chi connectivity index (χ2n) is 3.83. The molecule has 0 saturated carbocycles. The number of nitrogens with one attached hydrogen (secondary N) is 2. The SMILES string of the molecule is CC(C)NCC(=O)Nc1c(Cl)cc(Br)cc1Cl. The maximum Gasteiger partial charge on any atom is 0.238 e. The molecule has 2 N–H and O–H groups in total. The summed E-state index contributed by atoms with van der Waals surface area (Å²) < 4.78 is 0.769. The van der Waals surface area contributed by atoms with Crippen molar-refractivity contribution in [1.29, 1.82) is 0 Å². The van der Waals surface area contributed by atoms with E-state index < -0.39 is 0 Å². The van der Waals surface area contributed by atoms with Gasteiger partial charge in [-0.15, -0.1) is 0 Å². The van der Waals surface area contributed by atoms with Gasteiger partial charge in [0.05, 0.1) is 22.3 Å². The Morgan fingerprint density at radius 1 is 1.35 bits per heavy atom. The summed E-state index contributed by atoms with van der Waals surface area (Å²) in [5, 5.41) is 6.49. The van der Waals surface area contributed by atoms with E-state index in [1.165, 1.54) is 0 Å². The van der Waals surface area contributed by atoms with Gasteiger partial charge in [0, 0.05) is 10.5 Å². The molecule has 3 nitrogen and oxygen atoms in total. The Labute approximate surface area is 119 Å². The molecular weight excluding hydrogens is 327 g/mol. The lowest BCUT2D eigenvalue weighted by Gasteiger charge is -2.11. The zero-order valence-electron chi connectivity index (χ0n) is 9.48. The lowest BCUT2D eigenvalue weighted by Crippen LogP contribution is -2.32. The number of rotatable bonds is 4. The normalized spacial score (nSPS) is 10.7. The smallest absolute Gasteiger partial charge is 0.238 e. The number of carbonyl (C=O) groups excluding carboxylic acids is 1.